The summed E-state index contributed by atoms with van der Waals surface area (Å²) in [5.41, 5.74) is 0.865. The molecule has 0 aromatic rings. The van der Waals surface area contributed by atoms with E-state index in [0.29, 0.717) is 5.92 Å². The molecule has 0 aliphatic carbocycles. The molecule has 0 bridgehead atoms. The summed E-state index contributed by atoms with van der Waals surface area (Å²) in [6.45, 7) is 9.69. The van der Waals surface area contributed by atoms with Gasteiger partial charge in [0.15, 0.2) is 0 Å². The van der Waals surface area contributed by atoms with Gasteiger partial charge in [-0.3, -0.25) is 0 Å². The van der Waals surface area contributed by atoms with Crippen molar-refractivity contribution in [2.45, 2.75) is 33.3 Å². The molecule has 1 nitrogen and oxygen atoms in total. The van der Waals surface area contributed by atoms with E-state index < -0.39 is 0 Å². The molecule has 0 aromatic carbocycles. The van der Waals surface area contributed by atoms with E-state index in [1.165, 1.54) is 0 Å². The fourth-order valence-electron chi connectivity index (χ4n) is 0.648. The first-order valence-corrected chi connectivity index (χ1v) is 3.37. The lowest BCUT2D eigenvalue weighted by Gasteiger charge is -2.11. The minimum atomic E-state index is -0.301. The third-order valence-electron chi connectivity index (χ3n) is 1.26. The minimum Gasteiger partial charge on any atom is -0.389 e. The molecule has 0 rings (SSSR count). The van der Waals surface area contributed by atoms with Gasteiger partial charge in [-0.2, -0.15) is 0 Å². The summed E-state index contributed by atoms with van der Waals surface area (Å²) >= 11 is 0. The van der Waals surface area contributed by atoms with E-state index in [4.69, 9.17) is 0 Å². The Labute approximate surface area is 57.4 Å². The zero-order valence-corrected chi connectivity index (χ0v) is 6.52. The molecule has 0 unspecified atom stereocenters. The van der Waals surface area contributed by atoms with Crippen molar-refractivity contribution in [2.24, 2.45) is 5.92 Å². The Morgan fingerprint density at radius 2 is 2.00 bits per heavy atom. The van der Waals surface area contributed by atoms with Gasteiger partial charge in [0.1, 0.15) is 0 Å². The first-order valence-electron chi connectivity index (χ1n) is 3.37. The van der Waals surface area contributed by atoms with Crippen LogP contribution in [0.2, 0.25) is 0 Å². The first-order chi connectivity index (χ1) is 4.04. The number of aliphatic hydroxyl groups excluding tert-OH is 1. The molecular formula is C8H16O. The molecule has 0 fully saturated rings. The lowest BCUT2D eigenvalue weighted by Crippen LogP contribution is -2.10. The van der Waals surface area contributed by atoms with Gasteiger partial charge in [0.25, 0.3) is 0 Å². The highest BCUT2D eigenvalue weighted by Gasteiger charge is 2.05. The summed E-state index contributed by atoms with van der Waals surface area (Å²) in [7, 11) is 0. The van der Waals surface area contributed by atoms with E-state index in [0.717, 1.165) is 12.0 Å². The standard InChI is InChI=1S/C8H16O/c1-6(2)5-8(9)7(3)4/h6,8-9H,3,5H2,1-2,4H3/t8-/m0/s1. The van der Waals surface area contributed by atoms with Gasteiger partial charge < -0.3 is 5.11 Å². The van der Waals surface area contributed by atoms with Crippen molar-refractivity contribution in [1.82, 2.24) is 0 Å². The summed E-state index contributed by atoms with van der Waals surface area (Å²) < 4.78 is 0. The zero-order chi connectivity index (χ0) is 7.44. The Kier molecular flexibility index (Phi) is 3.55. The maximum absolute atomic E-state index is 9.20. The molecule has 1 atom stereocenters. The maximum atomic E-state index is 9.20. The number of hydrogen-bond donors (Lipinski definition) is 1. The molecule has 0 saturated carbocycles. The van der Waals surface area contributed by atoms with Crippen LogP contribution in [0.15, 0.2) is 12.2 Å². The van der Waals surface area contributed by atoms with E-state index >= 15 is 0 Å². The van der Waals surface area contributed by atoms with Crippen molar-refractivity contribution in [3.63, 3.8) is 0 Å². The Morgan fingerprint density at radius 1 is 1.56 bits per heavy atom. The van der Waals surface area contributed by atoms with Crippen molar-refractivity contribution in [3.05, 3.63) is 12.2 Å². The molecule has 0 aliphatic rings. The molecule has 1 heteroatoms. The van der Waals surface area contributed by atoms with E-state index in [1.54, 1.807) is 0 Å². The maximum Gasteiger partial charge on any atom is 0.0747 e. The second kappa shape index (κ2) is 3.67. The molecule has 9 heavy (non-hydrogen) atoms. The Morgan fingerprint density at radius 3 is 2.11 bits per heavy atom. The predicted octanol–water partition coefficient (Wildman–Crippen LogP) is 1.97. The quantitative estimate of drug-likeness (QED) is 0.576. The number of hydrogen-bond acceptors (Lipinski definition) is 1. The van der Waals surface area contributed by atoms with Crippen LogP contribution in [-0.2, 0) is 0 Å². The summed E-state index contributed by atoms with van der Waals surface area (Å²) in [4.78, 5) is 0. The van der Waals surface area contributed by atoms with Crippen LogP contribution in [0.4, 0.5) is 0 Å². The molecule has 0 spiro atoms. The number of rotatable bonds is 3. The highest BCUT2D eigenvalue weighted by atomic mass is 16.3. The van der Waals surface area contributed by atoms with Crippen molar-refractivity contribution < 1.29 is 5.11 Å². The highest BCUT2D eigenvalue weighted by Crippen LogP contribution is 2.09. The van der Waals surface area contributed by atoms with Crippen LogP contribution in [0.25, 0.3) is 0 Å². The van der Waals surface area contributed by atoms with Crippen molar-refractivity contribution in [1.29, 1.82) is 0 Å². The zero-order valence-electron chi connectivity index (χ0n) is 6.52. The van der Waals surface area contributed by atoms with Gasteiger partial charge in [0, 0.05) is 0 Å². The lowest BCUT2D eigenvalue weighted by molar-refractivity contribution is 0.183. The van der Waals surface area contributed by atoms with Gasteiger partial charge in [-0.25, -0.2) is 0 Å². The first kappa shape index (κ1) is 8.70. The summed E-state index contributed by atoms with van der Waals surface area (Å²) in [6, 6.07) is 0. The van der Waals surface area contributed by atoms with Gasteiger partial charge in [-0.05, 0) is 19.3 Å². The van der Waals surface area contributed by atoms with Crippen LogP contribution in [0.3, 0.4) is 0 Å². The summed E-state index contributed by atoms with van der Waals surface area (Å²) in [6.07, 6.45) is 0.528. The molecule has 54 valence electrons. The summed E-state index contributed by atoms with van der Waals surface area (Å²) in [5, 5.41) is 9.20. The molecule has 0 radical (unpaired) electrons. The van der Waals surface area contributed by atoms with E-state index in [2.05, 4.69) is 20.4 Å². The molecule has 1 N–H and O–H groups in total. The van der Waals surface area contributed by atoms with Gasteiger partial charge in [-0.1, -0.05) is 26.0 Å². The van der Waals surface area contributed by atoms with E-state index in [9.17, 15) is 5.11 Å². The smallest absolute Gasteiger partial charge is 0.0747 e. The van der Waals surface area contributed by atoms with Gasteiger partial charge in [0.05, 0.1) is 6.10 Å². The second-order valence-electron chi connectivity index (χ2n) is 2.99. The van der Waals surface area contributed by atoms with Crippen molar-refractivity contribution >= 4 is 0 Å². The molecule has 0 saturated heterocycles. The molecule has 0 amide bonds. The van der Waals surface area contributed by atoms with Gasteiger partial charge >= 0.3 is 0 Å². The van der Waals surface area contributed by atoms with E-state index in [-0.39, 0.29) is 6.10 Å². The van der Waals surface area contributed by atoms with Crippen LogP contribution in [0.1, 0.15) is 27.2 Å². The second-order valence-corrected chi connectivity index (χ2v) is 2.99. The highest BCUT2D eigenvalue weighted by molar-refractivity contribution is 4.96. The Bertz CT molecular complexity index is 94.7. The molecule has 0 heterocycles. The van der Waals surface area contributed by atoms with Crippen LogP contribution >= 0.6 is 0 Å². The fraction of sp³-hybridized carbons (Fsp3) is 0.750. The number of aliphatic hydroxyl groups is 1. The lowest BCUT2D eigenvalue weighted by atomic mass is 10.0. The van der Waals surface area contributed by atoms with Crippen LogP contribution in [-0.4, -0.2) is 11.2 Å². The van der Waals surface area contributed by atoms with Gasteiger partial charge in [0.2, 0.25) is 0 Å². The molecule has 0 aliphatic heterocycles. The predicted molar refractivity (Wildman–Crippen MR) is 40.3 cm³/mol. The summed E-state index contributed by atoms with van der Waals surface area (Å²) in [5.74, 6) is 0.552. The minimum absolute atomic E-state index is 0.301. The average Bonchev–Trinajstić information content (AvgIpc) is 1.63. The third-order valence-corrected chi connectivity index (χ3v) is 1.26. The van der Waals surface area contributed by atoms with Crippen molar-refractivity contribution in [3.8, 4) is 0 Å². The Balaban J connectivity index is 3.50. The average molecular weight is 128 g/mol. The normalized spacial score (nSPS) is 13.9. The molecular weight excluding hydrogens is 112 g/mol. The van der Waals surface area contributed by atoms with Crippen LogP contribution in [0, 0.1) is 5.92 Å². The fourth-order valence-corrected chi connectivity index (χ4v) is 0.648. The van der Waals surface area contributed by atoms with Crippen LogP contribution in [0.5, 0.6) is 0 Å². The molecule has 0 aromatic heterocycles. The SMILES string of the molecule is C=C(C)[C@@H](O)CC(C)C. The van der Waals surface area contributed by atoms with Crippen molar-refractivity contribution in [2.75, 3.05) is 0 Å². The third kappa shape index (κ3) is 4.22. The van der Waals surface area contributed by atoms with E-state index in [1.807, 2.05) is 6.92 Å². The van der Waals surface area contributed by atoms with Gasteiger partial charge in [-0.15, -0.1) is 0 Å². The Hall–Kier alpha value is -0.300. The monoisotopic (exact) mass is 128 g/mol. The largest absolute Gasteiger partial charge is 0.389 e. The van der Waals surface area contributed by atoms with Crippen LogP contribution < -0.4 is 0 Å². The topological polar surface area (TPSA) is 20.2 Å².